The van der Waals surface area contributed by atoms with E-state index < -0.39 is 0 Å². The molecule has 2 rings (SSSR count). The number of hydrogen-bond acceptors (Lipinski definition) is 2. The quantitative estimate of drug-likeness (QED) is 0.403. The molecule has 104 valence electrons. The van der Waals surface area contributed by atoms with Gasteiger partial charge in [-0.25, -0.2) is 0 Å². The van der Waals surface area contributed by atoms with Gasteiger partial charge >= 0.3 is 0 Å². The number of thioether (sulfide) groups is 1. The molecular weight excluding hydrogens is 276 g/mol. The normalized spacial score (nSPS) is 20.7. The Morgan fingerprint density at radius 3 is 2.68 bits per heavy atom. The Morgan fingerprint density at radius 2 is 2.05 bits per heavy atom. The number of rotatable bonds is 7. The minimum Gasteiger partial charge on any atom is -0.299 e. The summed E-state index contributed by atoms with van der Waals surface area (Å²) in [4.78, 5) is 13.3. The van der Waals surface area contributed by atoms with Crippen LogP contribution in [0.1, 0.15) is 38.5 Å². The number of alkyl halides is 1. The van der Waals surface area contributed by atoms with E-state index in [2.05, 4.69) is 24.3 Å². The second-order valence-corrected chi connectivity index (χ2v) is 6.81. The van der Waals surface area contributed by atoms with E-state index in [1.807, 2.05) is 17.8 Å². The fourth-order valence-corrected chi connectivity index (χ4v) is 4.28. The molecule has 2 unspecified atom stereocenters. The maximum absolute atomic E-state index is 12.0. The van der Waals surface area contributed by atoms with Crippen LogP contribution in [-0.4, -0.2) is 16.9 Å². The van der Waals surface area contributed by atoms with E-state index in [1.54, 1.807) is 0 Å². The summed E-state index contributed by atoms with van der Waals surface area (Å²) in [7, 11) is 0. The SMILES string of the molecule is O=C1CCCC1C(CCCCCl)Sc1ccccc1. The van der Waals surface area contributed by atoms with Crippen LogP contribution in [0.2, 0.25) is 0 Å². The highest BCUT2D eigenvalue weighted by molar-refractivity contribution is 8.00. The predicted molar refractivity (Wildman–Crippen MR) is 83.0 cm³/mol. The summed E-state index contributed by atoms with van der Waals surface area (Å²) in [5, 5.41) is 0.431. The lowest BCUT2D eigenvalue weighted by atomic mass is 9.98. The Hall–Kier alpha value is -0.470. The zero-order chi connectivity index (χ0) is 13.5. The first-order chi connectivity index (χ1) is 9.31. The number of halogens is 1. The van der Waals surface area contributed by atoms with Crippen molar-refractivity contribution in [2.75, 3.05) is 5.88 Å². The van der Waals surface area contributed by atoms with Crippen LogP contribution < -0.4 is 0 Å². The molecule has 1 nitrogen and oxygen atoms in total. The molecular formula is C16H21ClOS. The van der Waals surface area contributed by atoms with E-state index in [1.165, 1.54) is 4.90 Å². The highest BCUT2D eigenvalue weighted by Gasteiger charge is 2.32. The maximum atomic E-state index is 12.0. The molecule has 1 aliphatic rings. The van der Waals surface area contributed by atoms with Gasteiger partial charge in [0, 0.05) is 28.4 Å². The van der Waals surface area contributed by atoms with Crippen LogP contribution in [-0.2, 0) is 4.79 Å². The Bertz CT molecular complexity index is 393. The Kier molecular flexibility index (Phi) is 6.25. The predicted octanol–water partition coefficient (Wildman–Crippen LogP) is 4.93. The summed E-state index contributed by atoms with van der Waals surface area (Å²) < 4.78 is 0. The maximum Gasteiger partial charge on any atom is 0.137 e. The van der Waals surface area contributed by atoms with E-state index in [4.69, 9.17) is 11.6 Å². The van der Waals surface area contributed by atoms with Crippen molar-refractivity contribution in [1.29, 1.82) is 0 Å². The first-order valence-electron chi connectivity index (χ1n) is 7.11. The molecule has 1 aromatic rings. The Morgan fingerprint density at radius 1 is 1.26 bits per heavy atom. The topological polar surface area (TPSA) is 17.1 Å². The number of benzene rings is 1. The second kappa shape index (κ2) is 7.96. The van der Waals surface area contributed by atoms with Gasteiger partial charge in [0.1, 0.15) is 5.78 Å². The molecule has 19 heavy (non-hydrogen) atoms. The van der Waals surface area contributed by atoms with Gasteiger partial charge in [0.05, 0.1) is 0 Å². The molecule has 1 aliphatic carbocycles. The fraction of sp³-hybridized carbons (Fsp3) is 0.562. The van der Waals surface area contributed by atoms with Crippen LogP contribution in [0.25, 0.3) is 0 Å². The van der Waals surface area contributed by atoms with Gasteiger partial charge in [-0.15, -0.1) is 23.4 Å². The summed E-state index contributed by atoms with van der Waals surface area (Å²) in [6.45, 7) is 0. The number of hydrogen-bond donors (Lipinski definition) is 0. The van der Waals surface area contributed by atoms with Gasteiger partial charge in [-0.2, -0.15) is 0 Å². The largest absolute Gasteiger partial charge is 0.299 e. The average Bonchev–Trinajstić information content (AvgIpc) is 2.85. The van der Waals surface area contributed by atoms with Crippen molar-refractivity contribution in [2.24, 2.45) is 5.92 Å². The number of carbonyl (C=O) groups excluding carboxylic acids is 1. The van der Waals surface area contributed by atoms with E-state index in [0.717, 1.165) is 44.4 Å². The standard InChI is InChI=1S/C16H21ClOS/c17-12-5-4-11-16(14-9-6-10-15(14)18)19-13-7-2-1-3-8-13/h1-3,7-8,14,16H,4-6,9-12H2. The molecule has 1 saturated carbocycles. The zero-order valence-corrected chi connectivity index (χ0v) is 12.8. The lowest BCUT2D eigenvalue weighted by Crippen LogP contribution is -2.21. The molecule has 0 saturated heterocycles. The monoisotopic (exact) mass is 296 g/mol. The van der Waals surface area contributed by atoms with Crippen molar-refractivity contribution in [1.82, 2.24) is 0 Å². The fourth-order valence-electron chi connectivity index (χ4n) is 2.69. The van der Waals surface area contributed by atoms with Gasteiger partial charge < -0.3 is 0 Å². The molecule has 0 aromatic heterocycles. The number of carbonyl (C=O) groups is 1. The number of ketones is 1. The van der Waals surface area contributed by atoms with Crippen molar-refractivity contribution in [3.8, 4) is 0 Å². The molecule has 0 heterocycles. The van der Waals surface area contributed by atoms with Gasteiger partial charge in [0.25, 0.3) is 0 Å². The minimum absolute atomic E-state index is 0.264. The van der Waals surface area contributed by atoms with Gasteiger partial charge in [-0.05, 0) is 37.8 Å². The molecule has 1 aromatic carbocycles. The van der Waals surface area contributed by atoms with Crippen molar-refractivity contribution in [2.45, 2.75) is 48.7 Å². The Balaban J connectivity index is 1.99. The summed E-state index contributed by atoms with van der Waals surface area (Å²) >= 11 is 7.64. The van der Waals surface area contributed by atoms with Crippen LogP contribution in [0.4, 0.5) is 0 Å². The van der Waals surface area contributed by atoms with Crippen LogP contribution in [0.15, 0.2) is 35.2 Å². The van der Waals surface area contributed by atoms with Crippen LogP contribution in [0.3, 0.4) is 0 Å². The second-order valence-electron chi connectivity index (χ2n) is 5.12. The molecule has 0 N–H and O–H groups in total. The van der Waals surface area contributed by atoms with E-state index in [9.17, 15) is 4.79 Å². The molecule has 2 atom stereocenters. The third kappa shape index (κ3) is 4.54. The third-order valence-corrected chi connectivity index (χ3v) is 5.38. The first kappa shape index (κ1) is 14.9. The highest BCUT2D eigenvalue weighted by Crippen LogP contribution is 2.37. The van der Waals surface area contributed by atoms with E-state index in [-0.39, 0.29) is 5.92 Å². The Labute approximate surface area is 125 Å². The lowest BCUT2D eigenvalue weighted by molar-refractivity contribution is -0.120. The lowest BCUT2D eigenvalue weighted by Gasteiger charge is -2.22. The van der Waals surface area contributed by atoms with Crippen LogP contribution in [0, 0.1) is 5.92 Å². The van der Waals surface area contributed by atoms with Gasteiger partial charge in [0.2, 0.25) is 0 Å². The summed E-state index contributed by atoms with van der Waals surface area (Å²) in [6, 6.07) is 10.4. The van der Waals surface area contributed by atoms with Crippen LogP contribution >= 0.6 is 23.4 Å². The number of Topliss-reactive ketones (excluding diaryl/α,β-unsaturated/α-hetero) is 1. The van der Waals surface area contributed by atoms with Crippen molar-refractivity contribution in [3.63, 3.8) is 0 Å². The van der Waals surface area contributed by atoms with Gasteiger partial charge in [-0.1, -0.05) is 24.6 Å². The van der Waals surface area contributed by atoms with Crippen molar-refractivity contribution >= 4 is 29.1 Å². The molecule has 0 aliphatic heterocycles. The molecule has 3 heteroatoms. The van der Waals surface area contributed by atoms with Gasteiger partial charge in [-0.3, -0.25) is 4.79 Å². The summed E-state index contributed by atoms with van der Waals surface area (Å²) in [6.07, 6.45) is 6.20. The molecule has 0 radical (unpaired) electrons. The zero-order valence-electron chi connectivity index (χ0n) is 11.2. The summed E-state index contributed by atoms with van der Waals surface area (Å²) in [5.41, 5.74) is 0. The number of unbranched alkanes of at least 4 members (excludes halogenated alkanes) is 1. The third-order valence-electron chi connectivity index (χ3n) is 3.70. The minimum atomic E-state index is 0.264. The molecule has 0 spiro atoms. The smallest absolute Gasteiger partial charge is 0.137 e. The summed E-state index contributed by atoms with van der Waals surface area (Å²) in [5.74, 6) is 1.46. The molecule has 0 bridgehead atoms. The molecule has 1 fully saturated rings. The van der Waals surface area contributed by atoms with Gasteiger partial charge in [0.15, 0.2) is 0 Å². The van der Waals surface area contributed by atoms with Crippen molar-refractivity contribution < 1.29 is 4.79 Å². The van der Waals surface area contributed by atoms with Crippen LogP contribution in [0.5, 0.6) is 0 Å². The average molecular weight is 297 g/mol. The molecule has 0 amide bonds. The van der Waals surface area contributed by atoms with E-state index >= 15 is 0 Å². The van der Waals surface area contributed by atoms with E-state index in [0.29, 0.717) is 11.0 Å². The highest BCUT2D eigenvalue weighted by atomic mass is 35.5. The first-order valence-corrected chi connectivity index (χ1v) is 8.53. The van der Waals surface area contributed by atoms with Crippen molar-refractivity contribution in [3.05, 3.63) is 30.3 Å².